The molecule has 0 spiro atoms. The van der Waals surface area contributed by atoms with Crippen LogP contribution in [0.2, 0.25) is 0 Å². The molecule has 0 aromatic heterocycles. The van der Waals surface area contributed by atoms with Crippen LogP contribution in [0.3, 0.4) is 0 Å². The number of hydrogen-bond acceptors (Lipinski definition) is 3. The topological polar surface area (TPSA) is 29.5 Å². The predicted molar refractivity (Wildman–Crippen MR) is 126 cm³/mol. The summed E-state index contributed by atoms with van der Waals surface area (Å²) in [5.41, 5.74) is 3.34. The Kier molecular flexibility index (Phi) is 8.42. The van der Waals surface area contributed by atoms with Crippen LogP contribution in [0.15, 0.2) is 95.5 Å². The molecule has 4 heteroatoms. The van der Waals surface area contributed by atoms with Crippen molar-refractivity contribution in [3.8, 4) is 0 Å². The molecule has 0 saturated heterocycles. The van der Waals surface area contributed by atoms with Crippen molar-refractivity contribution in [3.05, 3.63) is 112 Å². The summed E-state index contributed by atoms with van der Waals surface area (Å²) in [5, 5.41) is 0. The van der Waals surface area contributed by atoms with Crippen LogP contribution in [0, 0.1) is 0 Å². The molecule has 1 atom stereocenters. The molecule has 0 radical (unpaired) electrons. The van der Waals surface area contributed by atoms with Gasteiger partial charge in [-0.3, -0.25) is 9.69 Å². The number of rotatable bonds is 9. The van der Waals surface area contributed by atoms with Gasteiger partial charge in [-0.2, -0.15) is 0 Å². The van der Waals surface area contributed by atoms with Gasteiger partial charge in [-0.25, -0.2) is 0 Å². The molecule has 0 heterocycles. The van der Waals surface area contributed by atoms with Gasteiger partial charge in [0.05, 0.1) is 6.61 Å². The van der Waals surface area contributed by atoms with Gasteiger partial charge in [0.25, 0.3) is 0 Å². The van der Waals surface area contributed by atoms with Crippen molar-refractivity contribution < 1.29 is 9.53 Å². The lowest BCUT2D eigenvalue weighted by Gasteiger charge is -2.28. The highest BCUT2D eigenvalue weighted by molar-refractivity contribution is 9.10. The van der Waals surface area contributed by atoms with Crippen molar-refractivity contribution in [3.63, 3.8) is 0 Å². The first-order valence-corrected chi connectivity index (χ1v) is 10.9. The maximum Gasteiger partial charge on any atom is 0.327 e. The molecule has 0 aliphatic rings. The summed E-state index contributed by atoms with van der Waals surface area (Å²) in [4.78, 5) is 15.1. The first kappa shape index (κ1) is 22.0. The average Bonchev–Trinajstić information content (AvgIpc) is 2.77. The molecule has 0 saturated carbocycles. The summed E-state index contributed by atoms with van der Waals surface area (Å²) in [6.45, 7) is 3.48. The number of carbonyl (C=O) groups excluding carboxylic acids is 1. The molecule has 0 N–H and O–H groups in total. The first-order valence-electron chi connectivity index (χ1n) is 10.1. The molecule has 0 aliphatic heterocycles. The SMILES string of the molecule is CCOC(=O)[C@@H](/C=C/c1ccc(Br)cc1)N(Cc1ccccc1)Cc1ccccc1. The summed E-state index contributed by atoms with van der Waals surface area (Å²) in [6, 6.07) is 27.9. The van der Waals surface area contributed by atoms with Gasteiger partial charge in [0, 0.05) is 17.6 Å². The Labute approximate surface area is 187 Å². The minimum Gasteiger partial charge on any atom is -0.465 e. The lowest BCUT2D eigenvalue weighted by Crippen LogP contribution is -2.40. The van der Waals surface area contributed by atoms with Gasteiger partial charge in [0.15, 0.2) is 0 Å². The highest BCUT2D eigenvalue weighted by Crippen LogP contribution is 2.18. The molecule has 0 unspecified atom stereocenters. The molecule has 3 aromatic rings. The largest absolute Gasteiger partial charge is 0.465 e. The summed E-state index contributed by atoms with van der Waals surface area (Å²) in [7, 11) is 0. The van der Waals surface area contributed by atoms with Gasteiger partial charge >= 0.3 is 5.97 Å². The third-order valence-electron chi connectivity index (χ3n) is 4.72. The van der Waals surface area contributed by atoms with Gasteiger partial charge in [0.1, 0.15) is 6.04 Å². The van der Waals surface area contributed by atoms with Crippen LogP contribution in [0.4, 0.5) is 0 Å². The number of halogens is 1. The summed E-state index contributed by atoms with van der Waals surface area (Å²) in [5.74, 6) is -0.238. The fourth-order valence-corrected chi connectivity index (χ4v) is 3.51. The minimum atomic E-state index is -0.492. The highest BCUT2D eigenvalue weighted by Gasteiger charge is 2.25. The second-order valence-electron chi connectivity index (χ2n) is 6.98. The number of carbonyl (C=O) groups is 1. The van der Waals surface area contributed by atoms with Gasteiger partial charge in [-0.1, -0.05) is 101 Å². The van der Waals surface area contributed by atoms with Crippen molar-refractivity contribution in [1.29, 1.82) is 0 Å². The molecular formula is C26H26BrNO2. The second-order valence-corrected chi connectivity index (χ2v) is 7.90. The molecule has 30 heavy (non-hydrogen) atoms. The normalized spacial score (nSPS) is 12.2. The Bertz CT molecular complexity index is 898. The van der Waals surface area contributed by atoms with Crippen molar-refractivity contribution in [1.82, 2.24) is 4.90 Å². The number of esters is 1. The van der Waals surface area contributed by atoms with Crippen LogP contribution in [0.5, 0.6) is 0 Å². The maximum atomic E-state index is 12.9. The van der Waals surface area contributed by atoms with Crippen molar-refractivity contribution in [2.75, 3.05) is 6.61 Å². The molecule has 3 aromatic carbocycles. The van der Waals surface area contributed by atoms with Crippen molar-refractivity contribution >= 4 is 28.0 Å². The standard InChI is InChI=1S/C26H26BrNO2/c1-2-30-26(29)25(18-15-21-13-16-24(27)17-14-21)28(19-22-9-5-3-6-10-22)20-23-11-7-4-8-12-23/h3-18,25H,2,19-20H2,1H3/b18-15+/t25-/m1/s1. The molecular weight excluding hydrogens is 438 g/mol. The minimum absolute atomic E-state index is 0.238. The van der Waals surface area contributed by atoms with E-state index in [1.54, 1.807) is 0 Å². The Morgan fingerprint density at radius 3 is 1.93 bits per heavy atom. The first-order chi connectivity index (χ1) is 14.7. The Hall–Kier alpha value is -2.69. The quantitative estimate of drug-likeness (QED) is 0.359. The molecule has 154 valence electrons. The molecule has 3 rings (SSSR count). The summed E-state index contributed by atoms with van der Waals surface area (Å²) >= 11 is 3.46. The lowest BCUT2D eigenvalue weighted by atomic mass is 10.1. The molecule has 0 aliphatic carbocycles. The molecule has 0 amide bonds. The average molecular weight is 464 g/mol. The van der Waals surface area contributed by atoms with E-state index in [-0.39, 0.29) is 5.97 Å². The smallest absolute Gasteiger partial charge is 0.327 e. The number of benzene rings is 3. The monoisotopic (exact) mass is 463 g/mol. The van der Waals surface area contributed by atoms with E-state index in [1.165, 1.54) is 0 Å². The van der Waals surface area contributed by atoms with E-state index in [2.05, 4.69) is 45.1 Å². The van der Waals surface area contributed by atoms with Crippen LogP contribution in [0.1, 0.15) is 23.6 Å². The van der Waals surface area contributed by atoms with E-state index in [4.69, 9.17) is 4.74 Å². The fourth-order valence-electron chi connectivity index (χ4n) is 3.24. The molecule has 0 fully saturated rings. The zero-order valence-corrected chi connectivity index (χ0v) is 18.7. The third-order valence-corrected chi connectivity index (χ3v) is 5.25. The van der Waals surface area contributed by atoms with Crippen LogP contribution in [0.25, 0.3) is 6.08 Å². The number of ether oxygens (including phenoxy) is 1. The van der Waals surface area contributed by atoms with E-state index in [9.17, 15) is 4.79 Å². The summed E-state index contributed by atoms with van der Waals surface area (Å²) in [6.07, 6.45) is 3.92. The Morgan fingerprint density at radius 1 is 0.900 bits per heavy atom. The second kappa shape index (κ2) is 11.5. The van der Waals surface area contributed by atoms with Gasteiger partial charge in [0.2, 0.25) is 0 Å². The van der Waals surface area contributed by atoms with Gasteiger partial charge in [-0.15, -0.1) is 0 Å². The number of hydrogen-bond donors (Lipinski definition) is 0. The lowest BCUT2D eigenvalue weighted by molar-refractivity contribution is -0.148. The fraction of sp³-hybridized carbons (Fsp3) is 0.192. The van der Waals surface area contributed by atoms with Crippen molar-refractivity contribution in [2.45, 2.75) is 26.1 Å². The van der Waals surface area contributed by atoms with E-state index >= 15 is 0 Å². The van der Waals surface area contributed by atoms with E-state index in [0.29, 0.717) is 19.7 Å². The predicted octanol–water partition coefficient (Wildman–Crippen LogP) is 6.10. The number of nitrogens with zero attached hydrogens (tertiary/aromatic N) is 1. The van der Waals surface area contributed by atoms with E-state index in [0.717, 1.165) is 21.2 Å². The third kappa shape index (κ3) is 6.68. The zero-order valence-electron chi connectivity index (χ0n) is 17.1. The van der Waals surface area contributed by atoms with Gasteiger partial charge in [-0.05, 0) is 35.7 Å². The van der Waals surface area contributed by atoms with Crippen LogP contribution in [-0.4, -0.2) is 23.5 Å². The Morgan fingerprint density at radius 2 is 1.43 bits per heavy atom. The summed E-state index contributed by atoms with van der Waals surface area (Å²) < 4.78 is 6.45. The van der Waals surface area contributed by atoms with Crippen molar-refractivity contribution in [2.24, 2.45) is 0 Å². The van der Waals surface area contributed by atoms with Crippen LogP contribution < -0.4 is 0 Å². The van der Waals surface area contributed by atoms with E-state index in [1.807, 2.05) is 79.7 Å². The van der Waals surface area contributed by atoms with E-state index < -0.39 is 6.04 Å². The van der Waals surface area contributed by atoms with Crippen LogP contribution >= 0.6 is 15.9 Å². The van der Waals surface area contributed by atoms with Crippen LogP contribution in [-0.2, 0) is 22.6 Å². The molecule has 3 nitrogen and oxygen atoms in total. The maximum absolute atomic E-state index is 12.9. The Balaban J connectivity index is 1.91. The highest BCUT2D eigenvalue weighted by atomic mass is 79.9. The zero-order chi connectivity index (χ0) is 21.2. The van der Waals surface area contributed by atoms with Gasteiger partial charge < -0.3 is 4.74 Å². The molecule has 0 bridgehead atoms.